The van der Waals surface area contributed by atoms with E-state index in [0.717, 1.165) is 16.5 Å². The van der Waals surface area contributed by atoms with Crippen LogP contribution in [-0.4, -0.2) is 25.8 Å². The number of sulfone groups is 1. The molecule has 0 aromatic heterocycles. The van der Waals surface area contributed by atoms with E-state index < -0.39 is 26.4 Å². The molecule has 2 aromatic carbocycles. The number of alkyl halides is 2. The van der Waals surface area contributed by atoms with Gasteiger partial charge >= 0.3 is 5.76 Å². The number of carbonyl (C=O) groups is 1. The fraction of sp³-hybridized carbons (Fsp3) is 0.188. The molecule has 2 rings (SSSR count). The molecule has 0 fully saturated rings. The van der Waals surface area contributed by atoms with E-state index in [1.807, 2.05) is 31.2 Å². The van der Waals surface area contributed by atoms with E-state index in [2.05, 4.69) is 5.32 Å². The van der Waals surface area contributed by atoms with Gasteiger partial charge in [0.25, 0.3) is 0 Å². The monoisotopic (exact) mass is 371 g/mol. The van der Waals surface area contributed by atoms with Crippen molar-refractivity contribution in [2.24, 2.45) is 0 Å². The van der Waals surface area contributed by atoms with E-state index in [1.165, 1.54) is 30.0 Å². The second-order valence-electron chi connectivity index (χ2n) is 4.95. The number of rotatable bonds is 6. The summed E-state index contributed by atoms with van der Waals surface area (Å²) >= 11 is 1.27. The highest BCUT2D eigenvalue weighted by Gasteiger charge is 2.29. The zero-order valence-electron chi connectivity index (χ0n) is 12.7. The Morgan fingerprint density at radius 2 is 1.75 bits per heavy atom. The van der Waals surface area contributed by atoms with Crippen LogP contribution in [0.2, 0.25) is 0 Å². The first-order valence-corrected chi connectivity index (χ1v) is 9.44. The summed E-state index contributed by atoms with van der Waals surface area (Å²) in [5, 5.41) is 2.38. The summed E-state index contributed by atoms with van der Waals surface area (Å²) in [5.74, 6) is -3.98. The van der Waals surface area contributed by atoms with Gasteiger partial charge in [0.05, 0.1) is 16.3 Å². The number of hydrogen-bond acceptors (Lipinski definition) is 4. The zero-order valence-corrected chi connectivity index (χ0v) is 14.3. The Kier molecular flexibility index (Phi) is 5.95. The first-order valence-electron chi connectivity index (χ1n) is 6.91. The average Bonchev–Trinajstić information content (AvgIpc) is 2.54. The van der Waals surface area contributed by atoms with Crippen molar-refractivity contribution in [1.82, 2.24) is 0 Å². The number of carbonyl (C=O) groups excluding carboxylic acids is 1. The Morgan fingerprint density at radius 3 is 2.38 bits per heavy atom. The minimum Gasteiger partial charge on any atom is -0.324 e. The molecule has 0 spiro atoms. The fourth-order valence-corrected chi connectivity index (χ4v) is 3.47. The van der Waals surface area contributed by atoms with Gasteiger partial charge in [-0.25, -0.2) is 8.42 Å². The minimum absolute atomic E-state index is 0.0339. The second kappa shape index (κ2) is 7.76. The van der Waals surface area contributed by atoms with Crippen molar-refractivity contribution >= 4 is 33.2 Å². The molecule has 1 amide bonds. The standard InChI is InChI=1S/C16H15F2NO3S2/c1-11-6-8-12(9-7-11)23-10-15(20)19-13-4-2-3-5-14(13)24(21,22)16(17)18/h2-9,16H,10H2,1H3,(H,19,20). The molecule has 0 aliphatic rings. The number of amides is 1. The van der Waals surface area contributed by atoms with Crippen molar-refractivity contribution in [2.45, 2.75) is 22.5 Å². The molecule has 1 N–H and O–H groups in total. The number of benzene rings is 2. The van der Waals surface area contributed by atoms with Gasteiger partial charge in [0.2, 0.25) is 15.7 Å². The normalized spacial score (nSPS) is 11.5. The van der Waals surface area contributed by atoms with Crippen LogP contribution in [-0.2, 0) is 14.6 Å². The highest BCUT2D eigenvalue weighted by atomic mass is 32.2. The minimum atomic E-state index is -4.78. The lowest BCUT2D eigenvalue weighted by Crippen LogP contribution is -2.18. The topological polar surface area (TPSA) is 63.2 Å². The maximum Gasteiger partial charge on any atom is 0.341 e. The number of hydrogen-bond donors (Lipinski definition) is 1. The summed E-state index contributed by atoms with van der Waals surface area (Å²) in [7, 11) is -4.78. The lowest BCUT2D eigenvalue weighted by molar-refractivity contribution is -0.113. The molecule has 0 heterocycles. The molecule has 24 heavy (non-hydrogen) atoms. The predicted molar refractivity (Wildman–Crippen MR) is 90.2 cm³/mol. The Balaban J connectivity index is 2.08. The number of para-hydroxylation sites is 1. The van der Waals surface area contributed by atoms with Gasteiger partial charge in [-0.2, -0.15) is 8.78 Å². The van der Waals surface area contributed by atoms with E-state index in [-0.39, 0.29) is 11.4 Å². The molecule has 2 aromatic rings. The van der Waals surface area contributed by atoms with Gasteiger partial charge in [0, 0.05) is 4.90 Å². The number of thioether (sulfide) groups is 1. The SMILES string of the molecule is Cc1ccc(SCC(=O)Nc2ccccc2S(=O)(=O)C(F)F)cc1. The van der Waals surface area contributed by atoms with Gasteiger partial charge in [-0.1, -0.05) is 29.8 Å². The third kappa shape index (κ3) is 4.55. The summed E-state index contributed by atoms with van der Waals surface area (Å²) in [5.41, 5.74) is 0.947. The highest BCUT2D eigenvalue weighted by Crippen LogP contribution is 2.26. The smallest absolute Gasteiger partial charge is 0.324 e. The maximum atomic E-state index is 12.7. The van der Waals surface area contributed by atoms with Gasteiger partial charge in [0.1, 0.15) is 0 Å². The maximum absolute atomic E-state index is 12.7. The first kappa shape index (κ1) is 18.4. The Labute approximate surface area is 143 Å². The van der Waals surface area contributed by atoms with E-state index in [9.17, 15) is 22.0 Å². The molecular weight excluding hydrogens is 356 g/mol. The molecule has 0 atom stereocenters. The lowest BCUT2D eigenvalue weighted by atomic mass is 10.2. The number of anilines is 1. The molecule has 128 valence electrons. The van der Waals surface area contributed by atoms with E-state index in [0.29, 0.717) is 0 Å². The van der Waals surface area contributed by atoms with Gasteiger partial charge in [-0.3, -0.25) is 4.79 Å². The van der Waals surface area contributed by atoms with Crippen LogP contribution in [0.5, 0.6) is 0 Å². The van der Waals surface area contributed by atoms with Gasteiger partial charge in [0.15, 0.2) is 0 Å². The van der Waals surface area contributed by atoms with Crippen LogP contribution in [0, 0.1) is 6.92 Å². The van der Waals surface area contributed by atoms with Crippen molar-refractivity contribution in [1.29, 1.82) is 0 Å². The summed E-state index contributed by atoms with van der Waals surface area (Å²) in [4.78, 5) is 12.3. The van der Waals surface area contributed by atoms with Gasteiger partial charge in [-0.05, 0) is 31.2 Å². The van der Waals surface area contributed by atoms with Crippen molar-refractivity contribution in [3.05, 3.63) is 54.1 Å². The summed E-state index contributed by atoms with van der Waals surface area (Å²) in [6, 6.07) is 12.7. The first-order chi connectivity index (χ1) is 11.3. The third-order valence-electron chi connectivity index (χ3n) is 3.09. The Hall–Kier alpha value is -1.93. The van der Waals surface area contributed by atoms with E-state index in [4.69, 9.17) is 0 Å². The van der Waals surface area contributed by atoms with Crippen LogP contribution in [0.15, 0.2) is 58.3 Å². The largest absolute Gasteiger partial charge is 0.341 e. The lowest BCUT2D eigenvalue weighted by Gasteiger charge is -2.11. The van der Waals surface area contributed by atoms with Crippen LogP contribution in [0.1, 0.15) is 5.56 Å². The van der Waals surface area contributed by atoms with Crippen molar-refractivity contribution in [3.63, 3.8) is 0 Å². The van der Waals surface area contributed by atoms with Crippen molar-refractivity contribution < 1.29 is 22.0 Å². The predicted octanol–water partition coefficient (Wildman–Crippen LogP) is 3.72. The molecule has 0 radical (unpaired) electrons. The Morgan fingerprint density at radius 1 is 1.12 bits per heavy atom. The number of aryl methyl sites for hydroxylation is 1. The average molecular weight is 371 g/mol. The molecule has 0 saturated carbocycles. The van der Waals surface area contributed by atoms with Crippen LogP contribution < -0.4 is 5.32 Å². The highest BCUT2D eigenvalue weighted by molar-refractivity contribution is 8.00. The number of halogens is 2. The van der Waals surface area contributed by atoms with Crippen molar-refractivity contribution in [3.8, 4) is 0 Å². The quantitative estimate of drug-likeness (QED) is 0.786. The third-order valence-corrected chi connectivity index (χ3v) is 5.54. The molecular formula is C16H15F2NO3S2. The fourth-order valence-electron chi connectivity index (χ4n) is 1.88. The summed E-state index contributed by atoms with van der Waals surface area (Å²) in [6.07, 6.45) is 0. The number of nitrogens with one attached hydrogen (secondary N) is 1. The molecule has 0 unspecified atom stereocenters. The molecule has 0 aliphatic heterocycles. The van der Waals surface area contributed by atoms with Crippen molar-refractivity contribution in [2.75, 3.05) is 11.1 Å². The van der Waals surface area contributed by atoms with Crippen LogP contribution in [0.4, 0.5) is 14.5 Å². The second-order valence-corrected chi connectivity index (χ2v) is 7.89. The molecule has 8 heteroatoms. The summed E-state index contributed by atoms with van der Waals surface area (Å²) < 4.78 is 48.7. The van der Waals surface area contributed by atoms with E-state index >= 15 is 0 Å². The summed E-state index contributed by atoms with van der Waals surface area (Å²) in [6.45, 7) is 1.95. The van der Waals surface area contributed by atoms with Crippen LogP contribution in [0.3, 0.4) is 0 Å². The molecule has 0 aliphatic carbocycles. The Bertz CT molecular complexity index is 821. The van der Waals surface area contributed by atoms with E-state index in [1.54, 1.807) is 0 Å². The van der Waals surface area contributed by atoms with Crippen LogP contribution >= 0.6 is 11.8 Å². The molecule has 4 nitrogen and oxygen atoms in total. The van der Waals surface area contributed by atoms with Crippen LogP contribution in [0.25, 0.3) is 0 Å². The molecule has 0 bridgehead atoms. The van der Waals surface area contributed by atoms with Gasteiger partial charge < -0.3 is 5.32 Å². The molecule has 0 saturated heterocycles. The van der Waals surface area contributed by atoms with Gasteiger partial charge in [-0.15, -0.1) is 11.8 Å². The zero-order chi connectivity index (χ0) is 17.7.